The Kier molecular flexibility index (Phi) is 2.74. The van der Waals surface area contributed by atoms with E-state index in [1.54, 1.807) is 0 Å². The fourth-order valence-corrected chi connectivity index (χ4v) is 3.47. The maximum atomic E-state index is 12.1. The first-order valence-electron chi connectivity index (χ1n) is 7.71. The van der Waals surface area contributed by atoms with Gasteiger partial charge in [0.1, 0.15) is 11.4 Å². The van der Waals surface area contributed by atoms with E-state index in [0.717, 1.165) is 24.6 Å². The van der Waals surface area contributed by atoms with E-state index in [1.807, 2.05) is 50.1 Å². The standard InChI is InChI=1S/C16H20N4O2/c1-16(2,3)22-15(21)19-8-10-11(9-19)13(10)14-18-17-12-6-4-5-7-20(12)14/h4-7,10-11,13H,8-9H2,1-3H3. The molecule has 0 radical (unpaired) electrons. The van der Waals surface area contributed by atoms with Crippen LogP contribution < -0.4 is 0 Å². The summed E-state index contributed by atoms with van der Waals surface area (Å²) in [6.45, 7) is 7.20. The monoisotopic (exact) mass is 300 g/mol. The Morgan fingerprint density at radius 1 is 1.23 bits per heavy atom. The number of fused-ring (bicyclic) bond motifs is 2. The lowest BCUT2D eigenvalue weighted by Crippen LogP contribution is -2.37. The molecule has 1 aliphatic carbocycles. The molecule has 22 heavy (non-hydrogen) atoms. The van der Waals surface area contributed by atoms with E-state index < -0.39 is 5.60 Å². The molecule has 2 aromatic rings. The van der Waals surface area contributed by atoms with E-state index in [9.17, 15) is 4.79 Å². The minimum atomic E-state index is -0.438. The highest BCUT2D eigenvalue weighted by atomic mass is 16.6. The summed E-state index contributed by atoms with van der Waals surface area (Å²) in [7, 11) is 0. The number of likely N-dealkylation sites (tertiary alicyclic amines) is 1. The highest BCUT2D eigenvalue weighted by molar-refractivity contribution is 5.69. The molecular formula is C16H20N4O2. The summed E-state index contributed by atoms with van der Waals surface area (Å²) >= 11 is 0. The van der Waals surface area contributed by atoms with Gasteiger partial charge < -0.3 is 9.64 Å². The van der Waals surface area contributed by atoms with Gasteiger partial charge in [-0.3, -0.25) is 4.40 Å². The fraction of sp³-hybridized carbons (Fsp3) is 0.562. The minimum absolute atomic E-state index is 0.204. The molecule has 2 unspecified atom stereocenters. The second-order valence-electron chi connectivity index (χ2n) is 7.23. The SMILES string of the molecule is CC(C)(C)OC(=O)N1CC2C(C1)C2c1nnc2ccccn12. The number of ether oxygens (including phenoxy) is 1. The van der Waals surface area contributed by atoms with Gasteiger partial charge in [-0.1, -0.05) is 6.07 Å². The topological polar surface area (TPSA) is 59.7 Å². The number of hydrogen-bond donors (Lipinski definition) is 0. The van der Waals surface area contributed by atoms with Gasteiger partial charge in [0.2, 0.25) is 0 Å². The van der Waals surface area contributed by atoms with Crippen LogP contribution in [0.3, 0.4) is 0 Å². The Hall–Kier alpha value is -2.11. The van der Waals surface area contributed by atoms with Crippen LogP contribution in [-0.4, -0.2) is 44.3 Å². The van der Waals surface area contributed by atoms with Crippen molar-refractivity contribution in [2.24, 2.45) is 11.8 Å². The van der Waals surface area contributed by atoms with Gasteiger partial charge in [-0.15, -0.1) is 10.2 Å². The largest absolute Gasteiger partial charge is 0.444 e. The number of carbonyl (C=O) groups excluding carboxylic acids is 1. The van der Waals surface area contributed by atoms with Crippen molar-refractivity contribution in [3.8, 4) is 0 Å². The number of nitrogens with zero attached hydrogens (tertiary/aromatic N) is 4. The number of pyridine rings is 1. The first kappa shape index (κ1) is 13.5. The predicted molar refractivity (Wildman–Crippen MR) is 80.5 cm³/mol. The van der Waals surface area contributed by atoms with E-state index in [0.29, 0.717) is 17.8 Å². The normalized spacial score (nSPS) is 27.0. The molecule has 6 nitrogen and oxygen atoms in total. The van der Waals surface area contributed by atoms with Gasteiger partial charge in [0.25, 0.3) is 0 Å². The van der Waals surface area contributed by atoms with Gasteiger partial charge in [0, 0.05) is 25.2 Å². The Balaban J connectivity index is 1.46. The summed E-state index contributed by atoms with van der Waals surface area (Å²) < 4.78 is 7.50. The molecule has 0 aromatic carbocycles. The summed E-state index contributed by atoms with van der Waals surface area (Å²) in [6, 6.07) is 5.92. The lowest BCUT2D eigenvalue weighted by molar-refractivity contribution is 0.0270. The van der Waals surface area contributed by atoms with Crippen molar-refractivity contribution in [2.75, 3.05) is 13.1 Å². The third-order valence-corrected chi connectivity index (χ3v) is 4.48. The number of amides is 1. The van der Waals surface area contributed by atoms with Crippen molar-refractivity contribution in [3.05, 3.63) is 30.2 Å². The molecule has 2 fully saturated rings. The predicted octanol–water partition coefficient (Wildman–Crippen LogP) is 2.31. The van der Waals surface area contributed by atoms with Gasteiger partial charge in [0.15, 0.2) is 5.65 Å². The van der Waals surface area contributed by atoms with E-state index in [2.05, 4.69) is 14.6 Å². The highest BCUT2D eigenvalue weighted by Crippen LogP contribution is 2.57. The molecule has 1 saturated carbocycles. The lowest BCUT2D eigenvalue weighted by Gasteiger charge is -2.25. The van der Waals surface area contributed by atoms with Crippen LogP contribution in [0.25, 0.3) is 5.65 Å². The van der Waals surface area contributed by atoms with Crippen molar-refractivity contribution in [1.82, 2.24) is 19.5 Å². The van der Waals surface area contributed by atoms with Crippen LogP contribution in [-0.2, 0) is 4.74 Å². The molecule has 4 rings (SSSR count). The molecule has 1 aliphatic heterocycles. The zero-order chi connectivity index (χ0) is 15.5. The third kappa shape index (κ3) is 2.14. The van der Waals surface area contributed by atoms with Crippen LogP contribution in [0, 0.1) is 11.8 Å². The summed E-state index contributed by atoms with van der Waals surface area (Å²) in [5.74, 6) is 2.41. The fourth-order valence-electron chi connectivity index (χ4n) is 3.47. The first-order chi connectivity index (χ1) is 10.4. The zero-order valence-corrected chi connectivity index (χ0v) is 13.1. The molecule has 0 spiro atoms. The van der Waals surface area contributed by atoms with Gasteiger partial charge >= 0.3 is 6.09 Å². The number of rotatable bonds is 1. The first-order valence-corrected chi connectivity index (χ1v) is 7.71. The van der Waals surface area contributed by atoms with Crippen LogP contribution in [0.4, 0.5) is 4.79 Å². The van der Waals surface area contributed by atoms with Gasteiger partial charge in [-0.2, -0.15) is 0 Å². The van der Waals surface area contributed by atoms with Crippen LogP contribution >= 0.6 is 0 Å². The number of piperidine rings is 1. The minimum Gasteiger partial charge on any atom is -0.444 e. The lowest BCUT2D eigenvalue weighted by atomic mass is 10.2. The second-order valence-corrected chi connectivity index (χ2v) is 7.23. The van der Waals surface area contributed by atoms with Crippen molar-refractivity contribution in [3.63, 3.8) is 0 Å². The third-order valence-electron chi connectivity index (χ3n) is 4.48. The molecule has 2 aromatic heterocycles. The van der Waals surface area contributed by atoms with Gasteiger partial charge in [-0.05, 0) is 44.7 Å². The maximum Gasteiger partial charge on any atom is 0.410 e. The Bertz CT molecular complexity index is 721. The number of hydrogen-bond acceptors (Lipinski definition) is 4. The average Bonchev–Trinajstić information content (AvgIpc) is 2.86. The van der Waals surface area contributed by atoms with E-state index in [-0.39, 0.29) is 6.09 Å². The Morgan fingerprint density at radius 2 is 1.95 bits per heavy atom. The number of carbonyl (C=O) groups is 1. The molecule has 3 heterocycles. The van der Waals surface area contributed by atoms with Crippen LogP contribution in [0.5, 0.6) is 0 Å². The molecule has 0 N–H and O–H groups in total. The molecule has 2 aliphatic rings. The molecule has 6 heteroatoms. The highest BCUT2D eigenvalue weighted by Gasteiger charge is 2.59. The number of aromatic nitrogens is 3. The quantitative estimate of drug-likeness (QED) is 0.811. The zero-order valence-electron chi connectivity index (χ0n) is 13.1. The van der Waals surface area contributed by atoms with E-state index in [4.69, 9.17) is 4.74 Å². The molecular weight excluding hydrogens is 280 g/mol. The average molecular weight is 300 g/mol. The van der Waals surface area contributed by atoms with Gasteiger partial charge in [0.05, 0.1) is 0 Å². The molecule has 1 saturated heterocycles. The van der Waals surface area contributed by atoms with Gasteiger partial charge in [-0.25, -0.2) is 4.79 Å². The molecule has 116 valence electrons. The van der Waals surface area contributed by atoms with Crippen molar-refractivity contribution < 1.29 is 9.53 Å². The summed E-state index contributed by atoms with van der Waals surface area (Å²) in [5, 5.41) is 8.56. The Labute approximate surface area is 129 Å². The summed E-state index contributed by atoms with van der Waals surface area (Å²) in [4.78, 5) is 13.9. The Morgan fingerprint density at radius 3 is 2.64 bits per heavy atom. The van der Waals surface area contributed by atoms with E-state index >= 15 is 0 Å². The molecule has 0 bridgehead atoms. The summed E-state index contributed by atoms with van der Waals surface area (Å²) in [6.07, 6.45) is 1.80. The van der Waals surface area contributed by atoms with E-state index in [1.165, 1.54) is 0 Å². The summed E-state index contributed by atoms with van der Waals surface area (Å²) in [5.41, 5.74) is 0.443. The van der Waals surface area contributed by atoms with Crippen LogP contribution in [0.15, 0.2) is 24.4 Å². The second kappa shape index (κ2) is 4.44. The van der Waals surface area contributed by atoms with Crippen LogP contribution in [0.2, 0.25) is 0 Å². The smallest absolute Gasteiger partial charge is 0.410 e. The van der Waals surface area contributed by atoms with Crippen molar-refractivity contribution in [2.45, 2.75) is 32.3 Å². The van der Waals surface area contributed by atoms with Crippen molar-refractivity contribution in [1.29, 1.82) is 0 Å². The molecule has 2 atom stereocenters. The maximum absolute atomic E-state index is 12.1. The van der Waals surface area contributed by atoms with Crippen LogP contribution in [0.1, 0.15) is 32.5 Å². The van der Waals surface area contributed by atoms with Crippen molar-refractivity contribution >= 4 is 11.7 Å². The molecule has 1 amide bonds.